The molecule has 0 amide bonds. The lowest BCUT2D eigenvalue weighted by Gasteiger charge is -2.24. The minimum Gasteiger partial charge on any atom is -0.345 e. The molecule has 0 spiro atoms. The summed E-state index contributed by atoms with van der Waals surface area (Å²) in [6.45, 7) is 8.80. The quantitative estimate of drug-likeness (QED) is 0.770. The maximum absolute atomic E-state index is 4.70. The van der Waals surface area contributed by atoms with Crippen LogP contribution in [0.3, 0.4) is 0 Å². The average molecular weight is 235 g/mol. The number of imidazole rings is 1. The highest BCUT2D eigenvalue weighted by Crippen LogP contribution is 2.28. The van der Waals surface area contributed by atoms with Crippen molar-refractivity contribution in [1.29, 1.82) is 0 Å². The maximum Gasteiger partial charge on any atom is 0.120 e. The third-order valence-electron chi connectivity index (χ3n) is 3.79. The molecule has 0 fully saturated rings. The fourth-order valence-electron chi connectivity index (χ4n) is 2.60. The van der Waals surface area contributed by atoms with Gasteiger partial charge in [-0.15, -0.1) is 0 Å². The van der Waals surface area contributed by atoms with Crippen LogP contribution in [0.1, 0.15) is 50.8 Å². The van der Waals surface area contributed by atoms with Gasteiger partial charge in [0.2, 0.25) is 0 Å². The Balaban J connectivity index is 1.97. The van der Waals surface area contributed by atoms with Gasteiger partial charge in [0.15, 0.2) is 0 Å². The number of aromatic amines is 1. The van der Waals surface area contributed by atoms with Crippen molar-refractivity contribution in [1.82, 2.24) is 15.3 Å². The number of rotatable bonds is 5. The summed E-state index contributed by atoms with van der Waals surface area (Å²) in [6.07, 6.45) is 4.82. The molecule has 0 radical (unpaired) electrons. The minimum atomic E-state index is 0.785. The summed E-state index contributed by atoms with van der Waals surface area (Å²) < 4.78 is 0. The normalized spacial score (nSPS) is 19.6. The molecule has 1 aromatic heterocycles. The number of H-pyrrole nitrogens is 1. The van der Waals surface area contributed by atoms with Crippen molar-refractivity contribution in [2.45, 2.75) is 53.0 Å². The molecule has 96 valence electrons. The van der Waals surface area contributed by atoms with E-state index in [1.807, 2.05) is 0 Å². The second kappa shape index (κ2) is 5.67. The van der Waals surface area contributed by atoms with Gasteiger partial charge < -0.3 is 10.3 Å². The Morgan fingerprint density at radius 3 is 3.00 bits per heavy atom. The van der Waals surface area contributed by atoms with Crippen LogP contribution < -0.4 is 5.32 Å². The largest absolute Gasteiger partial charge is 0.345 e. The summed E-state index contributed by atoms with van der Waals surface area (Å²) in [5.41, 5.74) is 2.71. The van der Waals surface area contributed by atoms with Gasteiger partial charge in [-0.25, -0.2) is 4.98 Å². The first-order chi connectivity index (χ1) is 8.20. The van der Waals surface area contributed by atoms with Crippen molar-refractivity contribution in [2.24, 2.45) is 11.8 Å². The van der Waals surface area contributed by atoms with Crippen molar-refractivity contribution in [2.75, 3.05) is 6.54 Å². The number of nitrogens with zero attached hydrogens (tertiary/aromatic N) is 1. The minimum absolute atomic E-state index is 0.785. The van der Waals surface area contributed by atoms with Crippen LogP contribution in [0.25, 0.3) is 0 Å². The second-order valence-electron chi connectivity index (χ2n) is 5.53. The zero-order valence-corrected chi connectivity index (χ0v) is 11.3. The molecule has 2 N–H and O–H groups in total. The Kier molecular flexibility index (Phi) is 4.21. The van der Waals surface area contributed by atoms with Crippen molar-refractivity contribution in [3.8, 4) is 0 Å². The van der Waals surface area contributed by atoms with E-state index in [1.165, 1.54) is 30.7 Å². The molecule has 0 aliphatic heterocycles. The van der Waals surface area contributed by atoms with Crippen LogP contribution >= 0.6 is 0 Å². The molecule has 1 atom stereocenters. The third-order valence-corrected chi connectivity index (χ3v) is 3.79. The highest BCUT2D eigenvalue weighted by atomic mass is 15.0. The zero-order valence-electron chi connectivity index (χ0n) is 11.3. The summed E-state index contributed by atoms with van der Waals surface area (Å²) in [5, 5.41) is 3.40. The molecule has 1 aliphatic rings. The fraction of sp³-hybridized carbons (Fsp3) is 0.786. The maximum atomic E-state index is 4.70. The van der Waals surface area contributed by atoms with Crippen LogP contribution in [0, 0.1) is 11.8 Å². The second-order valence-corrected chi connectivity index (χ2v) is 5.53. The Hall–Kier alpha value is -0.830. The Morgan fingerprint density at radius 2 is 2.29 bits per heavy atom. The summed E-state index contributed by atoms with van der Waals surface area (Å²) in [5.74, 6) is 2.74. The van der Waals surface area contributed by atoms with E-state index >= 15 is 0 Å². The molecular formula is C14H25N3. The number of aryl methyl sites for hydroxylation is 1. The number of hydrogen-bond acceptors (Lipinski definition) is 2. The Bertz CT molecular complexity index is 354. The predicted molar refractivity (Wildman–Crippen MR) is 70.9 cm³/mol. The van der Waals surface area contributed by atoms with Crippen molar-refractivity contribution < 1.29 is 0 Å². The summed E-state index contributed by atoms with van der Waals surface area (Å²) >= 11 is 0. The standard InChI is InChI=1S/C14H25N3/c1-4-7-15-9-14-16-12-6-5-11(10(2)3)8-13(12)17-14/h10-11,15H,4-9H2,1-3H3,(H,16,17). The molecule has 3 heteroatoms. The smallest absolute Gasteiger partial charge is 0.120 e. The molecule has 1 unspecified atom stereocenters. The number of hydrogen-bond donors (Lipinski definition) is 2. The molecule has 3 nitrogen and oxygen atoms in total. The topological polar surface area (TPSA) is 40.7 Å². The van der Waals surface area contributed by atoms with Gasteiger partial charge in [0.1, 0.15) is 5.82 Å². The summed E-state index contributed by atoms with van der Waals surface area (Å²) in [7, 11) is 0. The van der Waals surface area contributed by atoms with E-state index in [9.17, 15) is 0 Å². The first kappa shape index (κ1) is 12.6. The number of fused-ring (bicyclic) bond motifs is 1. The highest BCUT2D eigenvalue weighted by Gasteiger charge is 2.23. The monoisotopic (exact) mass is 235 g/mol. The van der Waals surface area contributed by atoms with Crippen LogP contribution in [0.4, 0.5) is 0 Å². The molecule has 1 aliphatic carbocycles. The van der Waals surface area contributed by atoms with Crippen molar-refractivity contribution in [3.63, 3.8) is 0 Å². The van der Waals surface area contributed by atoms with Gasteiger partial charge >= 0.3 is 0 Å². The summed E-state index contributed by atoms with van der Waals surface area (Å²) in [4.78, 5) is 8.20. The molecule has 1 aromatic rings. The van der Waals surface area contributed by atoms with Gasteiger partial charge in [0.25, 0.3) is 0 Å². The van der Waals surface area contributed by atoms with Crippen molar-refractivity contribution >= 4 is 0 Å². The predicted octanol–water partition coefficient (Wildman–Crippen LogP) is 2.67. The molecule has 17 heavy (non-hydrogen) atoms. The van der Waals surface area contributed by atoms with Gasteiger partial charge in [-0.3, -0.25) is 0 Å². The molecule has 0 saturated heterocycles. The summed E-state index contributed by atoms with van der Waals surface area (Å²) in [6, 6.07) is 0. The lowest BCUT2D eigenvalue weighted by molar-refractivity contribution is 0.338. The van der Waals surface area contributed by atoms with Crippen LogP contribution in [-0.4, -0.2) is 16.5 Å². The first-order valence-corrected chi connectivity index (χ1v) is 6.98. The van der Waals surface area contributed by atoms with Crippen LogP contribution in [0.2, 0.25) is 0 Å². The highest BCUT2D eigenvalue weighted by molar-refractivity contribution is 5.18. The van der Waals surface area contributed by atoms with E-state index in [0.29, 0.717) is 0 Å². The zero-order chi connectivity index (χ0) is 12.3. The van der Waals surface area contributed by atoms with E-state index < -0.39 is 0 Å². The van der Waals surface area contributed by atoms with E-state index in [4.69, 9.17) is 4.98 Å². The van der Waals surface area contributed by atoms with Crippen LogP contribution in [0.15, 0.2) is 0 Å². The van der Waals surface area contributed by atoms with E-state index in [1.54, 1.807) is 0 Å². The SMILES string of the molecule is CCCNCc1nc2c([nH]1)CC(C(C)C)CC2. The molecule has 0 saturated carbocycles. The van der Waals surface area contributed by atoms with E-state index in [-0.39, 0.29) is 0 Å². The average Bonchev–Trinajstić information content (AvgIpc) is 2.70. The van der Waals surface area contributed by atoms with E-state index in [2.05, 4.69) is 31.1 Å². The van der Waals surface area contributed by atoms with Gasteiger partial charge in [-0.2, -0.15) is 0 Å². The molecule has 0 bridgehead atoms. The lowest BCUT2D eigenvalue weighted by atomic mass is 9.82. The number of aromatic nitrogens is 2. The van der Waals surface area contributed by atoms with Crippen molar-refractivity contribution in [3.05, 3.63) is 17.2 Å². The third kappa shape index (κ3) is 3.09. The fourth-order valence-corrected chi connectivity index (χ4v) is 2.60. The molecule has 0 aromatic carbocycles. The first-order valence-electron chi connectivity index (χ1n) is 6.98. The van der Waals surface area contributed by atoms with Gasteiger partial charge in [-0.1, -0.05) is 20.8 Å². The number of nitrogens with one attached hydrogen (secondary N) is 2. The molecule has 2 rings (SSSR count). The van der Waals surface area contributed by atoms with Gasteiger partial charge in [0, 0.05) is 5.69 Å². The van der Waals surface area contributed by atoms with E-state index in [0.717, 1.165) is 37.2 Å². The van der Waals surface area contributed by atoms with Gasteiger partial charge in [-0.05, 0) is 44.1 Å². The van der Waals surface area contributed by atoms with Crippen LogP contribution in [-0.2, 0) is 19.4 Å². The molecule has 1 heterocycles. The van der Waals surface area contributed by atoms with Gasteiger partial charge in [0.05, 0.1) is 12.2 Å². The Labute approximate surface area is 104 Å². The Morgan fingerprint density at radius 1 is 1.47 bits per heavy atom. The lowest BCUT2D eigenvalue weighted by Crippen LogP contribution is -2.18. The van der Waals surface area contributed by atoms with Crippen LogP contribution in [0.5, 0.6) is 0 Å². The molecular weight excluding hydrogens is 210 g/mol.